The van der Waals surface area contributed by atoms with Crippen LogP contribution in [0.1, 0.15) is 11.1 Å². The van der Waals surface area contributed by atoms with Gasteiger partial charge in [0.1, 0.15) is 0 Å². The molecule has 0 radical (unpaired) electrons. The molecule has 0 spiro atoms. The Kier molecular flexibility index (Phi) is 12.0. The summed E-state index contributed by atoms with van der Waals surface area (Å²) in [7, 11) is 0. The van der Waals surface area contributed by atoms with Crippen molar-refractivity contribution < 1.29 is 39.9 Å². The third kappa shape index (κ3) is 11.6. The summed E-state index contributed by atoms with van der Waals surface area (Å²) in [5, 5.41) is 33.9. The van der Waals surface area contributed by atoms with E-state index in [1.54, 1.807) is 12.2 Å². The Bertz CT molecular complexity index is 513. The molecule has 0 bridgehead atoms. The second-order valence-electron chi connectivity index (χ2n) is 4.37. The van der Waals surface area contributed by atoms with Gasteiger partial charge in [0.05, 0.1) is 0 Å². The minimum absolute atomic E-state index is 0. The van der Waals surface area contributed by atoms with E-state index in [1.807, 2.05) is 60.7 Å². The minimum atomic E-state index is -1.37. The summed E-state index contributed by atoms with van der Waals surface area (Å²) < 4.78 is 0. The van der Waals surface area contributed by atoms with Crippen LogP contribution in [0.5, 0.6) is 0 Å². The fraction of sp³-hybridized carbons (Fsp3) is 0.111. The van der Waals surface area contributed by atoms with Gasteiger partial charge >= 0.3 is 0 Å². The Balaban J connectivity index is 0.000000403. The zero-order chi connectivity index (χ0) is 16.2. The molecule has 2 aromatic rings. The van der Waals surface area contributed by atoms with Crippen LogP contribution in [0.3, 0.4) is 0 Å². The van der Waals surface area contributed by atoms with Crippen molar-refractivity contribution in [2.24, 2.45) is 0 Å². The predicted octanol–water partition coefficient (Wildman–Crippen LogP) is 2.02. The van der Waals surface area contributed by atoms with E-state index in [4.69, 9.17) is 20.4 Å². The molecule has 0 aliphatic carbocycles. The summed E-state index contributed by atoms with van der Waals surface area (Å²) >= 11 is 0. The van der Waals surface area contributed by atoms with Crippen LogP contribution in [0.25, 0.3) is 12.2 Å². The van der Waals surface area contributed by atoms with Gasteiger partial charge in [0.2, 0.25) is 0 Å². The number of aliphatic hydroxyl groups is 4. The van der Waals surface area contributed by atoms with Crippen LogP contribution in [-0.4, -0.2) is 33.0 Å². The Morgan fingerprint density at radius 2 is 0.870 bits per heavy atom. The van der Waals surface area contributed by atoms with Crippen LogP contribution in [0.15, 0.2) is 72.8 Å². The summed E-state index contributed by atoms with van der Waals surface area (Å²) in [4.78, 5) is 0. The van der Waals surface area contributed by atoms with Crippen LogP contribution >= 0.6 is 0 Å². The third-order valence-corrected chi connectivity index (χ3v) is 2.52. The molecule has 2 rings (SSSR count). The summed E-state index contributed by atoms with van der Waals surface area (Å²) in [6, 6.07) is 18.9. The largest absolute Gasteiger partial charge is 0.365 e. The number of benzene rings is 2. The number of rotatable bonds is 4. The summed E-state index contributed by atoms with van der Waals surface area (Å²) in [6.07, 6.45) is 3.21. The maximum Gasteiger partial charge on any atom is 0.171 e. The standard InChI is InChI=1S/2C9H10O2.Zn/c2*10-9(11)7-6-8-4-2-1-3-5-8;/h2*1-7,9-11H;/b2*7-6+;. The second kappa shape index (κ2) is 12.9. The van der Waals surface area contributed by atoms with Gasteiger partial charge in [0, 0.05) is 19.5 Å². The summed E-state index contributed by atoms with van der Waals surface area (Å²) in [5.41, 5.74) is 1.92. The second-order valence-corrected chi connectivity index (χ2v) is 4.37. The van der Waals surface area contributed by atoms with Gasteiger partial charge in [-0.15, -0.1) is 0 Å². The van der Waals surface area contributed by atoms with Crippen molar-refractivity contribution >= 4 is 12.2 Å². The first-order chi connectivity index (χ1) is 10.6. The molecule has 118 valence electrons. The number of hydrogen-bond acceptors (Lipinski definition) is 4. The Morgan fingerprint density at radius 3 is 1.13 bits per heavy atom. The van der Waals surface area contributed by atoms with E-state index in [2.05, 4.69) is 0 Å². The first-order valence-electron chi connectivity index (χ1n) is 6.76. The maximum atomic E-state index is 8.48. The Morgan fingerprint density at radius 1 is 0.565 bits per heavy atom. The molecule has 0 saturated carbocycles. The molecule has 2 aromatic carbocycles. The Hall–Kier alpha value is -1.62. The quantitative estimate of drug-likeness (QED) is 0.493. The molecular weight excluding hydrogens is 346 g/mol. The summed E-state index contributed by atoms with van der Waals surface area (Å²) in [6.45, 7) is 0. The smallest absolute Gasteiger partial charge is 0.171 e. The molecule has 0 atom stereocenters. The molecule has 0 aliphatic heterocycles. The third-order valence-electron chi connectivity index (χ3n) is 2.52. The van der Waals surface area contributed by atoms with Crippen molar-refractivity contribution in [1.29, 1.82) is 0 Å². The zero-order valence-corrected chi connectivity index (χ0v) is 15.7. The Labute approximate surface area is 148 Å². The first kappa shape index (κ1) is 21.4. The molecule has 0 fully saturated rings. The van der Waals surface area contributed by atoms with Gasteiger partial charge in [0.25, 0.3) is 0 Å². The van der Waals surface area contributed by atoms with Crippen molar-refractivity contribution in [3.05, 3.63) is 83.9 Å². The molecule has 4 N–H and O–H groups in total. The van der Waals surface area contributed by atoms with E-state index in [-0.39, 0.29) is 19.5 Å². The van der Waals surface area contributed by atoms with Gasteiger partial charge in [0.15, 0.2) is 12.6 Å². The molecule has 0 amide bonds. The molecule has 0 aromatic heterocycles. The van der Waals surface area contributed by atoms with Crippen LogP contribution in [0, 0.1) is 0 Å². The average Bonchev–Trinajstić information content (AvgIpc) is 2.53. The fourth-order valence-electron chi connectivity index (χ4n) is 1.52. The number of aliphatic hydroxyl groups excluding tert-OH is 2. The molecule has 4 nitrogen and oxygen atoms in total. The van der Waals surface area contributed by atoms with Crippen molar-refractivity contribution in [3.63, 3.8) is 0 Å². The SMILES string of the molecule is OC(O)/C=C/c1ccccc1.OC(O)/C=C/c1ccccc1.[Zn]. The van der Waals surface area contributed by atoms with Gasteiger partial charge in [-0.1, -0.05) is 72.8 Å². The molecular formula is C18H20O4Zn. The van der Waals surface area contributed by atoms with Crippen LogP contribution in [-0.2, 0) is 19.5 Å². The van der Waals surface area contributed by atoms with Gasteiger partial charge in [-0.3, -0.25) is 0 Å². The molecule has 0 heterocycles. The van der Waals surface area contributed by atoms with E-state index in [1.165, 1.54) is 12.2 Å². The predicted molar refractivity (Wildman–Crippen MR) is 87.4 cm³/mol. The van der Waals surface area contributed by atoms with Crippen LogP contribution in [0.2, 0.25) is 0 Å². The molecule has 0 saturated heterocycles. The van der Waals surface area contributed by atoms with E-state index in [0.29, 0.717) is 0 Å². The summed E-state index contributed by atoms with van der Waals surface area (Å²) in [5.74, 6) is 0. The van der Waals surface area contributed by atoms with Crippen LogP contribution < -0.4 is 0 Å². The monoisotopic (exact) mass is 364 g/mol. The van der Waals surface area contributed by atoms with Crippen molar-refractivity contribution in [2.45, 2.75) is 12.6 Å². The minimum Gasteiger partial charge on any atom is -0.365 e. The molecule has 23 heavy (non-hydrogen) atoms. The van der Waals surface area contributed by atoms with E-state index < -0.39 is 12.6 Å². The first-order valence-corrected chi connectivity index (χ1v) is 6.76. The normalized spacial score (nSPS) is 10.7. The molecule has 0 aliphatic rings. The number of hydrogen-bond donors (Lipinski definition) is 4. The average molecular weight is 366 g/mol. The fourth-order valence-corrected chi connectivity index (χ4v) is 1.52. The zero-order valence-electron chi connectivity index (χ0n) is 12.7. The van der Waals surface area contributed by atoms with Crippen molar-refractivity contribution in [3.8, 4) is 0 Å². The van der Waals surface area contributed by atoms with Crippen molar-refractivity contribution in [1.82, 2.24) is 0 Å². The van der Waals surface area contributed by atoms with E-state index in [0.717, 1.165) is 11.1 Å². The van der Waals surface area contributed by atoms with Crippen molar-refractivity contribution in [2.75, 3.05) is 0 Å². The maximum absolute atomic E-state index is 8.48. The van der Waals surface area contributed by atoms with E-state index >= 15 is 0 Å². The molecule has 5 heteroatoms. The van der Waals surface area contributed by atoms with Crippen LogP contribution in [0.4, 0.5) is 0 Å². The van der Waals surface area contributed by atoms with Gasteiger partial charge in [-0.05, 0) is 23.3 Å². The topological polar surface area (TPSA) is 80.9 Å². The van der Waals surface area contributed by atoms with Gasteiger partial charge in [-0.2, -0.15) is 0 Å². The van der Waals surface area contributed by atoms with Gasteiger partial charge < -0.3 is 20.4 Å². The molecule has 0 unspecified atom stereocenters. The van der Waals surface area contributed by atoms with E-state index in [9.17, 15) is 0 Å². The van der Waals surface area contributed by atoms with Gasteiger partial charge in [-0.25, -0.2) is 0 Å².